The van der Waals surface area contributed by atoms with Crippen molar-refractivity contribution in [2.45, 2.75) is 24.2 Å². The fourth-order valence-corrected chi connectivity index (χ4v) is 7.18. The smallest absolute Gasteiger partial charge is 0.341 e. The summed E-state index contributed by atoms with van der Waals surface area (Å²) in [5, 5.41) is 12.7. The Morgan fingerprint density at radius 2 is 1.20 bits per heavy atom. The predicted molar refractivity (Wildman–Crippen MR) is 236 cm³/mol. The number of aldehydes is 1. The van der Waals surface area contributed by atoms with Crippen LogP contribution in [0.1, 0.15) is 52.6 Å². The third-order valence-electron chi connectivity index (χ3n) is 9.67. The molecular weight excluding hydrogens is 893 g/mol. The van der Waals surface area contributed by atoms with Crippen molar-refractivity contribution in [1.29, 1.82) is 0 Å². The van der Waals surface area contributed by atoms with E-state index < -0.39 is 63.7 Å². The van der Waals surface area contributed by atoms with Crippen LogP contribution in [0.3, 0.4) is 0 Å². The Balaban J connectivity index is 0.000000218. The molecule has 7 rings (SSSR count). The number of fused-ring (bicyclic) bond motifs is 1. The first-order valence-corrected chi connectivity index (χ1v) is 21.2. The first-order valence-electron chi connectivity index (χ1n) is 18.8. The van der Waals surface area contributed by atoms with Crippen molar-refractivity contribution in [1.82, 2.24) is 24.5 Å². The second kappa shape index (κ2) is 19.9. The number of ether oxygens (including phenoxy) is 2. The number of carboxylic acid groups (broad SMARTS) is 1. The molecule has 0 unspecified atom stereocenters. The molecule has 3 heterocycles. The molecule has 0 aliphatic heterocycles. The summed E-state index contributed by atoms with van der Waals surface area (Å²) in [4.78, 5) is 78.5. The molecule has 0 fully saturated rings. The first-order chi connectivity index (χ1) is 31.1. The highest BCUT2D eigenvalue weighted by Gasteiger charge is 2.26. The van der Waals surface area contributed by atoms with Crippen LogP contribution in [-0.2, 0) is 9.47 Å². The number of benzene rings is 4. The SMILES string of the molecule is COC(=O)c1ccc(C)c(-c2nc(SC)nc(Nc3c(F)cccc3F)c2C=O)c1.COC(=O)c1ccc(C)c(-c2nc(SC)nc3c2cc(C(=O)O)c(=O)n3-c2c(F)cccc2F)c1. The number of hydrogen-bond acceptors (Lipinski definition) is 14. The normalized spacial score (nSPS) is 10.8. The van der Waals surface area contributed by atoms with Crippen LogP contribution in [0.15, 0.2) is 94.0 Å². The Morgan fingerprint density at radius 3 is 1.69 bits per heavy atom. The first kappa shape index (κ1) is 47.0. The van der Waals surface area contributed by atoms with Gasteiger partial charge in [0.05, 0.1) is 42.3 Å². The molecule has 3 aromatic heterocycles. The van der Waals surface area contributed by atoms with Gasteiger partial charge in [0, 0.05) is 16.5 Å². The number of esters is 2. The number of methoxy groups -OCH3 is 2. The minimum absolute atomic E-state index is 0.000527. The Kier molecular flexibility index (Phi) is 14.4. The lowest BCUT2D eigenvalue weighted by Gasteiger charge is -2.16. The van der Waals surface area contributed by atoms with Crippen molar-refractivity contribution in [3.8, 4) is 28.2 Å². The number of nitrogens with zero attached hydrogens (tertiary/aromatic N) is 5. The van der Waals surface area contributed by atoms with Gasteiger partial charge in [-0.1, -0.05) is 47.8 Å². The number of carbonyl (C=O) groups is 4. The maximum absolute atomic E-state index is 14.8. The molecule has 0 saturated carbocycles. The molecule has 4 aromatic carbocycles. The van der Waals surface area contributed by atoms with Gasteiger partial charge in [-0.2, -0.15) is 0 Å². The number of carbonyl (C=O) groups excluding carboxylic acids is 3. The molecule has 0 spiro atoms. The highest BCUT2D eigenvalue weighted by atomic mass is 32.2. The van der Waals surface area contributed by atoms with Crippen LogP contribution in [0.2, 0.25) is 0 Å². The summed E-state index contributed by atoms with van der Waals surface area (Å²) in [6.45, 7) is 3.53. The maximum atomic E-state index is 14.8. The summed E-state index contributed by atoms with van der Waals surface area (Å²) in [6, 6.07) is 17.1. The van der Waals surface area contributed by atoms with Gasteiger partial charge in [-0.05, 0) is 92.1 Å². The van der Waals surface area contributed by atoms with Crippen molar-refractivity contribution < 1.29 is 51.3 Å². The van der Waals surface area contributed by atoms with Gasteiger partial charge >= 0.3 is 17.9 Å². The van der Waals surface area contributed by atoms with Gasteiger partial charge in [0.2, 0.25) is 0 Å². The molecule has 2 N–H and O–H groups in total. The van der Waals surface area contributed by atoms with E-state index in [4.69, 9.17) is 9.47 Å². The lowest BCUT2D eigenvalue weighted by atomic mass is 9.99. The number of pyridine rings is 1. The topological polar surface area (TPSA) is 193 Å². The Morgan fingerprint density at radius 1 is 0.708 bits per heavy atom. The van der Waals surface area contributed by atoms with E-state index in [0.717, 1.165) is 53.7 Å². The fraction of sp³-hybridized carbons (Fsp3) is 0.133. The summed E-state index contributed by atoms with van der Waals surface area (Å²) >= 11 is 2.30. The van der Waals surface area contributed by atoms with Gasteiger partial charge in [-0.3, -0.25) is 14.2 Å². The summed E-state index contributed by atoms with van der Waals surface area (Å²) in [7, 11) is 2.49. The van der Waals surface area contributed by atoms with Crippen LogP contribution in [0, 0.1) is 37.1 Å². The summed E-state index contributed by atoms with van der Waals surface area (Å²) in [6.07, 6.45) is 3.90. The lowest BCUT2D eigenvalue weighted by Crippen LogP contribution is -2.28. The van der Waals surface area contributed by atoms with E-state index in [2.05, 4.69) is 25.3 Å². The van der Waals surface area contributed by atoms with Gasteiger partial charge in [-0.25, -0.2) is 51.9 Å². The van der Waals surface area contributed by atoms with Crippen LogP contribution in [0.25, 0.3) is 39.2 Å². The van der Waals surface area contributed by atoms with Crippen LogP contribution < -0.4 is 10.9 Å². The molecule has 20 heteroatoms. The van der Waals surface area contributed by atoms with Gasteiger partial charge in [0.25, 0.3) is 5.56 Å². The number of carboxylic acids is 1. The molecule has 0 aliphatic carbocycles. The molecule has 332 valence electrons. The highest BCUT2D eigenvalue weighted by Crippen LogP contribution is 2.35. The molecule has 0 aliphatic rings. The Bertz CT molecular complexity index is 3090. The number of aromatic nitrogens is 5. The molecular formula is C45H34F4N6O8S2. The lowest BCUT2D eigenvalue weighted by molar-refractivity contribution is 0.0592. The van der Waals surface area contributed by atoms with Crippen molar-refractivity contribution in [2.24, 2.45) is 0 Å². The van der Waals surface area contributed by atoms with E-state index in [1.54, 1.807) is 56.7 Å². The number of rotatable bonds is 11. The van der Waals surface area contributed by atoms with Crippen LogP contribution >= 0.6 is 23.5 Å². The van der Waals surface area contributed by atoms with E-state index in [0.29, 0.717) is 27.5 Å². The van der Waals surface area contributed by atoms with Crippen LogP contribution in [-0.4, -0.2) is 80.5 Å². The molecule has 0 atom stereocenters. The third-order valence-corrected chi connectivity index (χ3v) is 10.8. The number of aryl methyl sites for hydroxylation is 2. The van der Waals surface area contributed by atoms with Crippen molar-refractivity contribution in [3.63, 3.8) is 0 Å². The number of halogens is 4. The zero-order chi connectivity index (χ0) is 47.3. The van der Waals surface area contributed by atoms with Crippen LogP contribution in [0.4, 0.5) is 29.1 Å². The number of thioether (sulfide) groups is 2. The maximum Gasteiger partial charge on any atom is 0.341 e. The zero-order valence-corrected chi connectivity index (χ0v) is 36.6. The van der Waals surface area contributed by atoms with Crippen molar-refractivity contribution in [3.05, 3.63) is 146 Å². The number of para-hydroxylation sites is 2. The summed E-state index contributed by atoms with van der Waals surface area (Å²) in [5.41, 5.74) is -0.0819. The van der Waals surface area contributed by atoms with Gasteiger partial charge in [0.1, 0.15) is 46.0 Å². The molecule has 7 aromatic rings. The second-order valence-corrected chi connectivity index (χ2v) is 15.1. The van der Waals surface area contributed by atoms with E-state index in [9.17, 15) is 46.6 Å². The van der Waals surface area contributed by atoms with E-state index in [-0.39, 0.29) is 55.2 Å². The largest absolute Gasteiger partial charge is 0.477 e. The number of nitrogens with one attached hydrogen (secondary N) is 1. The second-order valence-electron chi connectivity index (χ2n) is 13.6. The predicted octanol–water partition coefficient (Wildman–Crippen LogP) is 9.04. The fourth-order valence-electron chi connectivity index (χ4n) is 6.46. The number of aromatic carboxylic acids is 1. The summed E-state index contributed by atoms with van der Waals surface area (Å²) < 4.78 is 68.0. The van der Waals surface area contributed by atoms with E-state index in [1.807, 2.05) is 0 Å². The molecule has 0 bridgehead atoms. The third kappa shape index (κ3) is 9.58. The average molecular weight is 927 g/mol. The quantitative estimate of drug-likeness (QED) is 0.0410. The average Bonchev–Trinajstić information content (AvgIpc) is 3.29. The highest BCUT2D eigenvalue weighted by molar-refractivity contribution is 7.98. The standard InChI is InChI=1S/C24H17F2N3O5S.C21H17F2N3O3S/c1-11-7-8-12(23(33)34-2)9-13(11)18-14-10-15(22(31)32)21(30)29(20(14)28-24(27-18)35-3)19-16(25)5-4-6-17(19)26;1-11-7-8-12(20(28)29-2)9-13(11)17-14(10-27)19(26-21(25-17)30-3)24-18-15(22)5-4-6-16(18)23/h4-10H,1-3H3,(H,31,32);4-10H,1-3H3,(H,24,25,26). The molecule has 65 heavy (non-hydrogen) atoms. The van der Waals surface area contributed by atoms with Gasteiger partial charge < -0.3 is 19.9 Å². The van der Waals surface area contributed by atoms with Gasteiger partial charge in [0.15, 0.2) is 22.2 Å². The molecule has 0 saturated heterocycles. The van der Waals surface area contributed by atoms with E-state index >= 15 is 0 Å². The zero-order valence-electron chi connectivity index (χ0n) is 35.0. The van der Waals surface area contributed by atoms with E-state index in [1.165, 1.54) is 38.1 Å². The molecule has 14 nitrogen and oxygen atoms in total. The van der Waals surface area contributed by atoms with Crippen molar-refractivity contribution in [2.75, 3.05) is 32.0 Å². The molecule has 0 amide bonds. The number of anilines is 2. The van der Waals surface area contributed by atoms with Crippen molar-refractivity contribution >= 4 is 70.3 Å². The van der Waals surface area contributed by atoms with Gasteiger partial charge in [-0.15, -0.1) is 0 Å². The minimum atomic E-state index is -1.60. The minimum Gasteiger partial charge on any atom is -0.477 e. The number of hydrogen-bond donors (Lipinski definition) is 2. The Labute approximate surface area is 375 Å². The molecule has 0 radical (unpaired) electrons. The summed E-state index contributed by atoms with van der Waals surface area (Å²) in [5.74, 6) is -6.62. The Hall–Kier alpha value is -7.45. The monoisotopic (exact) mass is 926 g/mol. The van der Waals surface area contributed by atoms with Crippen LogP contribution in [0.5, 0.6) is 0 Å².